The first-order valence-corrected chi connectivity index (χ1v) is 9.44. The van der Waals surface area contributed by atoms with Crippen LogP contribution in [0.25, 0.3) is 0 Å². The van der Waals surface area contributed by atoms with Crippen LogP contribution in [0.2, 0.25) is 0 Å². The van der Waals surface area contributed by atoms with Gasteiger partial charge in [0, 0.05) is 5.69 Å². The molecule has 1 aliphatic rings. The molecule has 1 heterocycles. The van der Waals surface area contributed by atoms with Crippen molar-refractivity contribution in [2.75, 3.05) is 11.9 Å². The van der Waals surface area contributed by atoms with E-state index in [0.29, 0.717) is 18.5 Å². The minimum absolute atomic E-state index is 0.323. The number of anilines is 1. The van der Waals surface area contributed by atoms with E-state index in [4.69, 9.17) is 0 Å². The minimum atomic E-state index is -1.12. The SMILES string of the molecule is CCCC1(c2ccccc2)NC(=O)N(CC(=O)Nc2ccc(C)cc2C)C1=O. The van der Waals surface area contributed by atoms with Gasteiger partial charge in [-0.1, -0.05) is 61.4 Å². The number of aryl methyl sites for hydroxylation is 2. The Morgan fingerprint density at radius 3 is 2.46 bits per heavy atom. The van der Waals surface area contributed by atoms with Crippen LogP contribution in [-0.4, -0.2) is 29.3 Å². The number of carbonyl (C=O) groups is 3. The Labute approximate surface area is 164 Å². The summed E-state index contributed by atoms with van der Waals surface area (Å²) in [6.07, 6.45) is 1.18. The number of nitrogens with zero attached hydrogens (tertiary/aromatic N) is 1. The van der Waals surface area contributed by atoms with Gasteiger partial charge in [-0.2, -0.15) is 0 Å². The lowest BCUT2D eigenvalue weighted by Crippen LogP contribution is -2.44. The standard InChI is InChI=1S/C22H25N3O3/c1-4-12-22(17-8-6-5-7-9-17)20(27)25(21(28)24-22)14-19(26)23-18-11-10-15(2)13-16(18)3/h5-11,13H,4,12,14H2,1-3H3,(H,23,26)(H,24,28). The summed E-state index contributed by atoms with van der Waals surface area (Å²) in [4.78, 5) is 39.3. The van der Waals surface area contributed by atoms with Gasteiger partial charge in [-0.25, -0.2) is 4.79 Å². The summed E-state index contributed by atoms with van der Waals surface area (Å²) in [5.74, 6) is -0.794. The van der Waals surface area contributed by atoms with Crippen LogP contribution in [0.3, 0.4) is 0 Å². The Kier molecular flexibility index (Phi) is 5.49. The monoisotopic (exact) mass is 379 g/mol. The number of imide groups is 1. The lowest BCUT2D eigenvalue weighted by Gasteiger charge is -2.26. The summed E-state index contributed by atoms with van der Waals surface area (Å²) in [6.45, 7) is 5.51. The van der Waals surface area contributed by atoms with E-state index in [1.54, 1.807) is 0 Å². The van der Waals surface area contributed by atoms with Gasteiger partial charge < -0.3 is 10.6 Å². The van der Waals surface area contributed by atoms with Crippen LogP contribution < -0.4 is 10.6 Å². The molecular formula is C22H25N3O3. The topological polar surface area (TPSA) is 78.5 Å². The molecule has 2 aromatic carbocycles. The van der Waals surface area contributed by atoms with Crippen molar-refractivity contribution in [3.63, 3.8) is 0 Å². The molecule has 0 bridgehead atoms. The first-order valence-electron chi connectivity index (χ1n) is 9.44. The highest BCUT2D eigenvalue weighted by Gasteiger charge is 2.52. The average Bonchev–Trinajstić information content (AvgIpc) is 2.90. The molecule has 4 amide bonds. The molecule has 0 saturated carbocycles. The highest BCUT2D eigenvalue weighted by molar-refractivity contribution is 6.10. The molecule has 0 radical (unpaired) electrons. The molecule has 1 unspecified atom stereocenters. The predicted octanol–water partition coefficient (Wildman–Crippen LogP) is 3.49. The summed E-state index contributed by atoms with van der Waals surface area (Å²) in [5.41, 5.74) is 2.30. The van der Waals surface area contributed by atoms with Crippen LogP contribution in [0.1, 0.15) is 36.5 Å². The second-order valence-electron chi connectivity index (χ2n) is 7.21. The van der Waals surface area contributed by atoms with E-state index in [1.165, 1.54) is 0 Å². The molecule has 6 heteroatoms. The fraction of sp³-hybridized carbons (Fsp3) is 0.318. The second-order valence-corrected chi connectivity index (χ2v) is 7.21. The summed E-state index contributed by atoms with van der Waals surface area (Å²) < 4.78 is 0. The van der Waals surface area contributed by atoms with E-state index in [0.717, 1.165) is 21.6 Å². The van der Waals surface area contributed by atoms with Gasteiger partial charge in [-0.05, 0) is 37.5 Å². The largest absolute Gasteiger partial charge is 0.325 e. The van der Waals surface area contributed by atoms with Crippen molar-refractivity contribution in [1.29, 1.82) is 0 Å². The fourth-order valence-electron chi connectivity index (χ4n) is 3.66. The Morgan fingerprint density at radius 2 is 1.82 bits per heavy atom. The highest BCUT2D eigenvalue weighted by Crippen LogP contribution is 2.33. The third-order valence-electron chi connectivity index (χ3n) is 5.03. The molecule has 2 aromatic rings. The zero-order valence-electron chi connectivity index (χ0n) is 16.4. The van der Waals surface area contributed by atoms with E-state index >= 15 is 0 Å². The van der Waals surface area contributed by atoms with Crippen molar-refractivity contribution in [2.24, 2.45) is 0 Å². The van der Waals surface area contributed by atoms with E-state index in [9.17, 15) is 14.4 Å². The van der Waals surface area contributed by atoms with Crippen LogP contribution in [0.5, 0.6) is 0 Å². The van der Waals surface area contributed by atoms with E-state index < -0.39 is 17.5 Å². The third kappa shape index (κ3) is 3.63. The van der Waals surface area contributed by atoms with Crippen LogP contribution in [0, 0.1) is 13.8 Å². The maximum absolute atomic E-state index is 13.2. The maximum atomic E-state index is 13.2. The minimum Gasteiger partial charge on any atom is -0.324 e. The van der Waals surface area contributed by atoms with Crippen molar-refractivity contribution in [2.45, 2.75) is 39.2 Å². The molecule has 146 valence electrons. The normalized spacial score (nSPS) is 18.9. The van der Waals surface area contributed by atoms with E-state index in [1.807, 2.05) is 69.3 Å². The lowest BCUT2D eigenvalue weighted by molar-refractivity contribution is -0.134. The van der Waals surface area contributed by atoms with Gasteiger partial charge in [0.2, 0.25) is 5.91 Å². The average molecular weight is 379 g/mol. The van der Waals surface area contributed by atoms with Crippen LogP contribution in [-0.2, 0) is 15.1 Å². The van der Waals surface area contributed by atoms with Gasteiger partial charge in [0.25, 0.3) is 5.91 Å². The molecular weight excluding hydrogens is 354 g/mol. The lowest BCUT2D eigenvalue weighted by atomic mass is 9.85. The van der Waals surface area contributed by atoms with Gasteiger partial charge in [-0.15, -0.1) is 0 Å². The second kappa shape index (κ2) is 7.84. The molecule has 1 atom stereocenters. The molecule has 1 saturated heterocycles. The van der Waals surface area contributed by atoms with Crippen molar-refractivity contribution in [1.82, 2.24) is 10.2 Å². The molecule has 0 aliphatic carbocycles. The van der Waals surface area contributed by atoms with Crippen molar-refractivity contribution < 1.29 is 14.4 Å². The molecule has 6 nitrogen and oxygen atoms in total. The van der Waals surface area contributed by atoms with Crippen LogP contribution in [0.4, 0.5) is 10.5 Å². The zero-order chi connectivity index (χ0) is 20.3. The third-order valence-corrected chi connectivity index (χ3v) is 5.03. The van der Waals surface area contributed by atoms with Gasteiger partial charge in [0.05, 0.1) is 0 Å². The highest BCUT2D eigenvalue weighted by atomic mass is 16.2. The number of nitrogens with one attached hydrogen (secondary N) is 2. The molecule has 1 fully saturated rings. The zero-order valence-corrected chi connectivity index (χ0v) is 16.4. The van der Waals surface area contributed by atoms with Crippen molar-refractivity contribution >= 4 is 23.5 Å². The van der Waals surface area contributed by atoms with Gasteiger partial charge in [0.15, 0.2) is 0 Å². The fourth-order valence-corrected chi connectivity index (χ4v) is 3.66. The Bertz CT molecular complexity index is 910. The molecule has 28 heavy (non-hydrogen) atoms. The van der Waals surface area contributed by atoms with E-state index in [2.05, 4.69) is 10.6 Å². The summed E-state index contributed by atoms with van der Waals surface area (Å²) in [7, 11) is 0. The first kappa shape index (κ1) is 19.6. The number of urea groups is 1. The molecule has 1 aliphatic heterocycles. The summed E-state index contributed by atoms with van der Waals surface area (Å²) in [5, 5.41) is 5.62. The van der Waals surface area contributed by atoms with Crippen molar-refractivity contribution in [3.05, 3.63) is 65.2 Å². The smallest absolute Gasteiger partial charge is 0.324 e. The summed E-state index contributed by atoms with van der Waals surface area (Å²) in [6, 6.07) is 14.3. The molecule has 0 spiro atoms. The number of carbonyl (C=O) groups excluding carboxylic acids is 3. The number of rotatable bonds is 6. The van der Waals surface area contributed by atoms with Gasteiger partial charge >= 0.3 is 6.03 Å². The molecule has 3 rings (SSSR count). The Balaban J connectivity index is 1.80. The first-order chi connectivity index (χ1) is 13.4. The van der Waals surface area contributed by atoms with Crippen LogP contribution in [0.15, 0.2) is 48.5 Å². The number of amides is 4. The van der Waals surface area contributed by atoms with Gasteiger partial charge in [-0.3, -0.25) is 14.5 Å². The number of benzene rings is 2. The predicted molar refractivity (Wildman–Crippen MR) is 108 cm³/mol. The van der Waals surface area contributed by atoms with Crippen LogP contribution >= 0.6 is 0 Å². The van der Waals surface area contributed by atoms with Gasteiger partial charge in [0.1, 0.15) is 12.1 Å². The maximum Gasteiger partial charge on any atom is 0.325 e. The Morgan fingerprint density at radius 1 is 1.11 bits per heavy atom. The summed E-state index contributed by atoms with van der Waals surface area (Å²) >= 11 is 0. The van der Waals surface area contributed by atoms with E-state index in [-0.39, 0.29) is 12.5 Å². The number of hydrogen-bond donors (Lipinski definition) is 2. The molecule has 2 N–H and O–H groups in total. The van der Waals surface area contributed by atoms with Crippen molar-refractivity contribution in [3.8, 4) is 0 Å². The Hall–Kier alpha value is -3.15. The number of hydrogen-bond acceptors (Lipinski definition) is 3. The quantitative estimate of drug-likeness (QED) is 0.754. The molecule has 0 aromatic heterocycles.